The molecule has 0 amide bonds. The number of pyridine rings is 1. The quantitative estimate of drug-likeness (QED) is 0.945. The number of rotatable bonds is 3. The van der Waals surface area contributed by atoms with Gasteiger partial charge in [-0.05, 0) is 39.7 Å². The van der Waals surface area contributed by atoms with Crippen molar-refractivity contribution >= 4 is 27.4 Å². The fourth-order valence-electron chi connectivity index (χ4n) is 1.75. The lowest BCUT2D eigenvalue weighted by atomic mass is 10.1. The summed E-state index contributed by atoms with van der Waals surface area (Å²) in [6.07, 6.45) is 1.78. The summed E-state index contributed by atoms with van der Waals surface area (Å²) in [5.74, 6) is 0.883. The summed E-state index contributed by atoms with van der Waals surface area (Å²) in [4.78, 5) is 6.40. The van der Waals surface area contributed by atoms with Gasteiger partial charge in [0.15, 0.2) is 0 Å². The number of benzene rings is 1. The molecule has 0 aliphatic heterocycles. The van der Waals surface area contributed by atoms with Crippen LogP contribution in [0.3, 0.4) is 0 Å². The van der Waals surface area contributed by atoms with Crippen LogP contribution < -0.4 is 10.6 Å². The Bertz CT molecular complexity index is 514. The molecule has 2 N–H and O–H groups in total. The van der Waals surface area contributed by atoms with Crippen LogP contribution in [0.1, 0.15) is 5.56 Å². The summed E-state index contributed by atoms with van der Waals surface area (Å²) in [6, 6.07) is 11.9. The highest BCUT2D eigenvalue weighted by molar-refractivity contribution is 9.10. The van der Waals surface area contributed by atoms with Crippen LogP contribution >= 0.6 is 15.9 Å². The molecule has 88 valence electrons. The number of nitrogens with two attached hydrogens (primary N) is 1. The first-order valence-corrected chi connectivity index (χ1v) is 6.15. The van der Waals surface area contributed by atoms with E-state index in [1.54, 1.807) is 6.20 Å². The van der Waals surface area contributed by atoms with Gasteiger partial charge >= 0.3 is 0 Å². The molecule has 0 saturated carbocycles. The van der Waals surface area contributed by atoms with Gasteiger partial charge in [-0.25, -0.2) is 4.98 Å². The molecule has 17 heavy (non-hydrogen) atoms. The van der Waals surface area contributed by atoms with Crippen molar-refractivity contribution in [1.82, 2.24) is 4.98 Å². The normalized spacial score (nSPS) is 10.3. The molecule has 2 aromatic rings. The van der Waals surface area contributed by atoms with Crippen molar-refractivity contribution in [3.63, 3.8) is 0 Å². The van der Waals surface area contributed by atoms with Crippen molar-refractivity contribution in [2.75, 3.05) is 11.9 Å². The molecule has 1 aromatic heterocycles. The Labute approximate surface area is 109 Å². The van der Waals surface area contributed by atoms with Gasteiger partial charge in [0.2, 0.25) is 0 Å². The number of nitrogens with zero attached hydrogens (tertiary/aromatic N) is 2. The number of anilines is 2. The number of halogens is 1. The zero-order valence-corrected chi connectivity index (χ0v) is 11.2. The topological polar surface area (TPSA) is 42.1 Å². The van der Waals surface area contributed by atoms with Crippen molar-refractivity contribution in [3.05, 3.63) is 52.6 Å². The second-order valence-corrected chi connectivity index (χ2v) is 4.56. The number of hydrogen-bond acceptors (Lipinski definition) is 3. The van der Waals surface area contributed by atoms with Crippen LogP contribution in [-0.4, -0.2) is 12.0 Å². The molecular weight excluding hydrogens is 278 g/mol. The van der Waals surface area contributed by atoms with E-state index in [2.05, 4.69) is 20.9 Å². The molecule has 0 aliphatic carbocycles. The van der Waals surface area contributed by atoms with E-state index in [-0.39, 0.29) is 0 Å². The first-order valence-electron chi connectivity index (χ1n) is 5.36. The number of para-hydroxylation sites is 1. The lowest BCUT2D eigenvalue weighted by Crippen LogP contribution is -2.15. The van der Waals surface area contributed by atoms with E-state index in [9.17, 15) is 0 Å². The minimum atomic E-state index is 0.519. The largest absolute Gasteiger partial charge is 0.328 e. The SMILES string of the molecule is CN(c1ccccc1CN)c1ncccc1Br. The second kappa shape index (κ2) is 5.29. The minimum Gasteiger partial charge on any atom is -0.328 e. The van der Waals surface area contributed by atoms with Gasteiger partial charge < -0.3 is 10.6 Å². The predicted molar refractivity (Wildman–Crippen MR) is 74.3 cm³/mol. The molecule has 0 aliphatic rings. The highest BCUT2D eigenvalue weighted by Gasteiger charge is 2.11. The lowest BCUT2D eigenvalue weighted by molar-refractivity contribution is 1.03. The molecule has 4 heteroatoms. The Kier molecular flexibility index (Phi) is 3.76. The van der Waals surface area contributed by atoms with Crippen molar-refractivity contribution in [1.29, 1.82) is 0 Å². The molecule has 0 radical (unpaired) electrons. The summed E-state index contributed by atoms with van der Waals surface area (Å²) >= 11 is 3.51. The van der Waals surface area contributed by atoms with Crippen molar-refractivity contribution < 1.29 is 0 Å². The minimum absolute atomic E-state index is 0.519. The van der Waals surface area contributed by atoms with E-state index >= 15 is 0 Å². The first kappa shape index (κ1) is 12.1. The van der Waals surface area contributed by atoms with E-state index in [1.165, 1.54) is 0 Å². The van der Waals surface area contributed by atoms with Gasteiger partial charge in [-0.3, -0.25) is 0 Å². The zero-order chi connectivity index (χ0) is 12.3. The third-order valence-electron chi connectivity index (χ3n) is 2.63. The van der Waals surface area contributed by atoms with E-state index in [0.29, 0.717) is 6.54 Å². The van der Waals surface area contributed by atoms with Gasteiger partial charge in [-0.2, -0.15) is 0 Å². The summed E-state index contributed by atoms with van der Waals surface area (Å²) in [5, 5.41) is 0. The Balaban J connectivity index is 2.44. The monoisotopic (exact) mass is 291 g/mol. The van der Waals surface area contributed by atoms with Gasteiger partial charge in [0.1, 0.15) is 5.82 Å². The Morgan fingerprint density at radius 2 is 2.00 bits per heavy atom. The van der Waals surface area contributed by atoms with Crippen LogP contribution in [0.25, 0.3) is 0 Å². The summed E-state index contributed by atoms with van der Waals surface area (Å²) in [7, 11) is 1.99. The predicted octanol–water partition coefficient (Wildman–Crippen LogP) is 3.07. The fourth-order valence-corrected chi connectivity index (χ4v) is 2.27. The van der Waals surface area contributed by atoms with Crippen LogP contribution in [0.15, 0.2) is 47.1 Å². The first-order chi connectivity index (χ1) is 8.24. The molecule has 1 heterocycles. The fraction of sp³-hybridized carbons (Fsp3) is 0.154. The molecule has 0 bridgehead atoms. The van der Waals surface area contributed by atoms with Crippen LogP contribution in [0, 0.1) is 0 Å². The summed E-state index contributed by atoms with van der Waals surface area (Å²) in [6.45, 7) is 0.519. The van der Waals surface area contributed by atoms with Crippen LogP contribution in [0.2, 0.25) is 0 Å². The molecule has 0 spiro atoms. The molecule has 0 fully saturated rings. The highest BCUT2D eigenvalue weighted by Crippen LogP contribution is 2.30. The Morgan fingerprint density at radius 3 is 2.71 bits per heavy atom. The highest BCUT2D eigenvalue weighted by atomic mass is 79.9. The van der Waals surface area contributed by atoms with Crippen molar-refractivity contribution in [3.8, 4) is 0 Å². The molecule has 0 atom stereocenters. The standard InChI is InChI=1S/C13H14BrN3/c1-17(13-11(14)6-4-8-16-13)12-7-3-2-5-10(12)9-15/h2-8H,9,15H2,1H3. The number of hydrogen-bond donors (Lipinski definition) is 1. The van der Waals surface area contributed by atoms with Crippen LogP contribution in [-0.2, 0) is 6.54 Å². The molecule has 0 saturated heterocycles. The van der Waals surface area contributed by atoms with Crippen LogP contribution in [0.4, 0.5) is 11.5 Å². The Morgan fingerprint density at radius 1 is 1.24 bits per heavy atom. The molecule has 3 nitrogen and oxygen atoms in total. The van der Waals surface area contributed by atoms with Gasteiger partial charge in [-0.15, -0.1) is 0 Å². The summed E-state index contributed by atoms with van der Waals surface area (Å²) in [5.41, 5.74) is 7.93. The maximum Gasteiger partial charge on any atom is 0.147 e. The van der Waals surface area contributed by atoms with Gasteiger partial charge in [0.25, 0.3) is 0 Å². The Hall–Kier alpha value is -1.39. The average Bonchev–Trinajstić information content (AvgIpc) is 2.38. The maximum absolute atomic E-state index is 5.75. The third-order valence-corrected chi connectivity index (χ3v) is 3.25. The van der Waals surface area contributed by atoms with Gasteiger partial charge in [0, 0.05) is 25.5 Å². The zero-order valence-electron chi connectivity index (χ0n) is 9.60. The van der Waals surface area contributed by atoms with E-state index in [4.69, 9.17) is 5.73 Å². The van der Waals surface area contributed by atoms with Crippen molar-refractivity contribution in [2.45, 2.75) is 6.54 Å². The van der Waals surface area contributed by atoms with E-state index < -0.39 is 0 Å². The van der Waals surface area contributed by atoms with E-state index in [0.717, 1.165) is 21.5 Å². The molecular formula is C13H14BrN3. The summed E-state index contributed by atoms with van der Waals surface area (Å²) < 4.78 is 0.967. The third kappa shape index (κ3) is 2.48. The molecule has 0 unspecified atom stereocenters. The number of aromatic nitrogens is 1. The van der Waals surface area contributed by atoms with Gasteiger partial charge in [0.05, 0.1) is 4.47 Å². The average molecular weight is 292 g/mol. The van der Waals surface area contributed by atoms with Crippen molar-refractivity contribution in [2.24, 2.45) is 5.73 Å². The molecule has 1 aromatic carbocycles. The second-order valence-electron chi connectivity index (χ2n) is 3.70. The van der Waals surface area contributed by atoms with Gasteiger partial charge in [-0.1, -0.05) is 18.2 Å². The maximum atomic E-state index is 5.75. The molecule has 2 rings (SSSR count). The van der Waals surface area contributed by atoms with E-state index in [1.807, 2.05) is 48.3 Å². The lowest BCUT2D eigenvalue weighted by Gasteiger charge is -2.22. The van der Waals surface area contributed by atoms with Crippen LogP contribution in [0.5, 0.6) is 0 Å². The smallest absolute Gasteiger partial charge is 0.147 e.